The molecule has 190 valence electrons. The van der Waals surface area contributed by atoms with Gasteiger partial charge >= 0.3 is 18.5 Å². The van der Waals surface area contributed by atoms with Crippen molar-refractivity contribution in [2.45, 2.75) is 18.5 Å². The van der Waals surface area contributed by atoms with Gasteiger partial charge in [-0.1, -0.05) is 12.1 Å². The van der Waals surface area contributed by atoms with Crippen LogP contribution in [0.4, 0.5) is 50.9 Å². The Bertz CT molecular complexity index is 1360. The molecule has 0 radical (unpaired) electrons. The van der Waals surface area contributed by atoms with Gasteiger partial charge in [-0.2, -0.15) is 39.5 Å². The summed E-state index contributed by atoms with van der Waals surface area (Å²) in [7, 11) is 0. The minimum atomic E-state index is -5.37. The van der Waals surface area contributed by atoms with Crippen LogP contribution in [0.25, 0.3) is 22.3 Å². The first-order chi connectivity index (χ1) is 16.4. The van der Waals surface area contributed by atoms with E-state index in [2.05, 4.69) is 0 Å². The van der Waals surface area contributed by atoms with Crippen molar-refractivity contribution in [3.8, 4) is 22.3 Å². The molecule has 3 aromatic carbocycles. The quantitative estimate of drug-likeness (QED) is 0.197. The molecular weight excluding hydrogens is 515 g/mol. The molecule has 0 aliphatic rings. The molecule has 15 heteroatoms. The van der Waals surface area contributed by atoms with Gasteiger partial charge in [-0.3, -0.25) is 20.2 Å². The molecule has 0 aliphatic heterocycles. The molecular formula is C21H9F9N2O4. The van der Waals surface area contributed by atoms with Crippen molar-refractivity contribution in [3.05, 3.63) is 91.5 Å². The fourth-order valence-corrected chi connectivity index (χ4v) is 3.43. The van der Waals surface area contributed by atoms with Crippen molar-refractivity contribution in [1.29, 1.82) is 0 Å². The van der Waals surface area contributed by atoms with Crippen LogP contribution in [0.2, 0.25) is 0 Å². The van der Waals surface area contributed by atoms with Gasteiger partial charge in [-0.25, -0.2) is 0 Å². The largest absolute Gasteiger partial charge is 0.417 e. The molecule has 0 saturated carbocycles. The Hall–Kier alpha value is -4.17. The highest BCUT2D eigenvalue weighted by atomic mass is 19.4. The number of nitrogens with zero attached hydrogens (tertiary/aromatic N) is 2. The molecule has 0 bridgehead atoms. The molecule has 36 heavy (non-hydrogen) atoms. The number of alkyl halides is 9. The van der Waals surface area contributed by atoms with Gasteiger partial charge in [0.25, 0.3) is 11.4 Å². The minimum Gasteiger partial charge on any atom is -0.258 e. The molecule has 0 atom stereocenters. The van der Waals surface area contributed by atoms with Crippen LogP contribution in [-0.2, 0) is 18.5 Å². The van der Waals surface area contributed by atoms with Crippen LogP contribution < -0.4 is 0 Å². The Labute approximate surface area is 193 Å². The highest BCUT2D eigenvalue weighted by molar-refractivity contribution is 5.79. The lowest BCUT2D eigenvalue weighted by Crippen LogP contribution is -2.12. The predicted octanol–water partition coefficient (Wildman–Crippen LogP) is 7.89. The van der Waals surface area contributed by atoms with Crippen LogP contribution in [0.1, 0.15) is 16.7 Å². The van der Waals surface area contributed by atoms with E-state index in [1.165, 1.54) is 0 Å². The van der Waals surface area contributed by atoms with Gasteiger partial charge in [0, 0.05) is 24.3 Å². The SMILES string of the molecule is O=[N+]([O-])c1ccc(-c2ccc(-c3ccc([N+](=O)[O-])cc3C(F)(F)F)c(C(F)(F)F)c2)c(C(F)(F)F)c1. The number of rotatable bonds is 4. The Morgan fingerprint density at radius 3 is 1.22 bits per heavy atom. The fraction of sp³-hybridized carbons (Fsp3) is 0.143. The van der Waals surface area contributed by atoms with E-state index in [4.69, 9.17) is 0 Å². The smallest absolute Gasteiger partial charge is 0.258 e. The number of hydrogen-bond acceptors (Lipinski definition) is 4. The molecule has 0 unspecified atom stereocenters. The zero-order valence-corrected chi connectivity index (χ0v) is 17.1. The third kappa shape index (κ3) is 5.23. The van der Waals surface area contributed by atoms with Crippen molar-refractivity contribution < 1.29 is 49.4 Å². The minimum absolute atomic E-state index is 0.0431. The summed E-state index contributed by atoms with van der Waals surface area (Å²) in [5.74, 6) is 0. The molecule has 0 heterocycles. The van der Waals surface area contributed by atoms with Gasteiger partial charge in [-0.15, -0.1) is 0 Å². The van der Waals surface area contributed by atoms with Crippen molar-refractivity contribution >= 4 is 11.4 Å². The number of halogens is 9. The van der Waals surface area contributed by atoms with Gasteiger partial charge in [0.1, 0.15) is 0 Å². The fourth-order valence-electron chi connectivity index (χ4n) is 3.43. The summed E-state index contributed by atoms with van der Waals surface area (Å²) in [5.41, 5.74) is -11.0. The van der Waals surface area contributed by atoms with Gasteiger partial charge in [0.05, 0.1) is 26.5 Å². The molecule has 3 rings (SSSR count). The maximum Gasteiger partial charge on any atom is 0.417 e. The number of nitro benzene ring substituents is 2. The lowest BCUT2D eigenvalue weighted by atomic mass is 9.90. The van der Waals surface area contributed by atoms with Crippen molar-refractivity contribution in [1.82, 2.24) is 0 Å². The summed E-state index contributed by atoms with van der Waals surface area (Å²) < 4.78 is 123. The summed E-state index contributed by atoms with van der Waals surface area (Å²) in [6.45, 7) is 0. The van der Waals surface area contributed by atoms with Crippen LogP contribution in [0.3, 0.4) is 0 Å². The molecule has 0 fully saturated rings. The normalized spacial score (nSPS) is 12.5. The zero-order valence-electron chi connectivity index (χ0n) is 17.1. The number of hydrogen-bond donors (Lipinski definition) is 0. The molecule has 0 spiro atoms. The maximum absolute atomic E-state index is 13.9. The number of nitro groups is 2. The van der Waals surface area contributed by atoms with Crippen molar-refractivity contribution in [2.75, 3.05) is 0 Å². The third-order valence-electron chi connectivity index (χ3n) is 4.96. The maximum atomic E-state index is 13.9. The van der Waals surface area contributed by atoms with E-state index in [0.717, 1.165) is 0 Å². The first-order valence-electron chi connectivity index (χ1n) is 9.34. The Balaban J connectivity index is 2.33. The second-order valence-electron chi connectivity index (χ2n) is 7.23. The summed E-state index contributed by atoms with van der Waals surface area (Å²) in [6, 6.07) is 3.73. The standard InChI is InChI=1S/C21H9F9N2O4/c22-19(23,24)16-7-10(13-5-2-11(31(33)34)8-17(13)20(25,26)27)1-4-14(16)15-6-3-12(32(35)36)9-18(15)21(28,29)30/h1-9H. The Kier molecular flexibility index (Phi) is 6.46. The highest BCUT2D eigenvalue weighted by Crippen LogP contribution is 2.46. The van der Waals surface area contributed by atoms with Crippen molar-refractivity contribution in [2.24, 2.45) is 0 Å². The summed E-state index contributed by atoms with van der Waals surface area (Å²) in [6.07, 6.45) is -15.9. The van der Waals surface area contributed by atoms with E-state index in [9.17, 15) is 59.7 Å². The zero-order chi connectivity index (χ0) is 27.2. The van der Waals surface area contributed by atoms with E-state index < -0.39 is 78.7 Å². The van der Waals surface area contributed by atoms with Crippen LogP contribution in [0.5, 0.6) is 0 Å². The molecule has 6 nitrogen and oxygen atoms in total. The topological polar surface area (TPSA) is 86.3 Å². The average molecular weight is 524 g/mol. The summed E-state index contributed by atoms with van der Waals surface area (Å²) >= 11 is 0. The second kappa shape index (κ2) is 8.80. The molecule has 0 amide bonds. The van der Waals surface area contributed by atoms with Gasteiger partial charge < -0.3 is 0 Å². The molecule has 0 aromatic heterocycles. The third-order valence-corrected chi connectivity index (χ3v) is 4.96. The lowest BCUT2D eigenvalue weighted by Gasteiger charge is -2.19. The predicted molar refractivity (Wildman–Crippen MR) is 106 cm³/mol. The van der Waals surface area contributed by atoms with E-state index in [-0.39, 0.29) is 18.2 Å². The van der Waals surface area contributed by atoms with Crippen LogP contribution in [0, 0.1) is 20.2 Å². The number of benzene rings is 3. The van der Waals surface area contributed by atoms with E-state index in [1.807, 2.05) is 0 Å². The van der Waals surface area contributed by atoms with Crippen LogP contribution in [-0.4, -0.2) is 9.85 Å². The Morgan fingerprint density at radius 2 is 0.833 bits per heavy atom. The molecule has 0 saturated heterocycles. The van der Waals surface area contributed by atoms with Gasteiger partial charge in [0.2, 0.25) is 0 Å². The summed E-state index contributed by atoms with van der Waals surface area (Å²) in [4.78, 5) is 19.4. The van der Waals surface area contributed by atoms with Crippen molar-refractivity contribution in [3.63, 3.8) is 0 Å². The van der Waals surface area contributed by atoms with Crippen LogP contribution in [0.15, 0.2) is 54.6 Å². The Morgan fingerprint density at radius 1 is 0.500 bits per heavy atom. The first kappa shape index (κ1) is 26.4. The average Bonchev–Trinajstić information content (AvgIpc) is 2.76. The monoisotopic (exact) mass is 524 g/mol. The molecule has 3 aromatic rings. The second-order valence-corrected chi connectivity index (χ2v) is 7.23. The number of non-ortho nitro benzene ring substituents is 2. The van der Waals surface area contributed by atoms with E-state index >= 15 is 0 Å². The highest BCUT2D eigenvalue weighted by Gasteiger charge is 2.40. The van der Waals surface area contributed by atoms with Crippen LogP contribution >= 0.6 is 0 Å². The summed E-state index contributed by atoms with van der Waals surface area (Å²) in [5, 5.41) is 21.7. The van der Waals surface area contributed by atoms with E-state index in [0.29, 0.717) is 36.4 Å². The van der Waals surface area contributed by atoms with E-state index in [1.54, 1.807) is 0 Å². The van der Waals surface area contributed by atoms with Gasteiger partial charge in [-0.05, 0) is 40.5 Å². The molecule has 0 N–H and O–H groups in total. The van der Waals surface area contributed by atoms with Gasteiger partial charge in [0.15, 0.2) is 0 Å². The lowest BCUT2D eigenvalue weighted by molar-refractivity contribution is -0.385. The first-order valence-corrected chi connectivity index (χ1v) is 9.34. The molecule has 0 aliphatic carbocycles.